The molecule has 1 saturated carbocycles. The third kappa shape index (κ3) is 1.97. The van der Waals surface area contributed by atoms with E-state index < -0.39 is 5.60 Å². The normalized spacial score (nSPS) is 34.2. The summed E-state index contributed by atoms with van der Waals surface area (Å²) in [7, 11) is 0. The Hall–Kier alpha value is -1.30. The maximum atomic E-state index is 10.4. The molecular weight excluding hydrogens is 210 g/mol. The molecule has 0 amide bonds. The summed E-state index contributed by atoms with van der Waals surface area (Å²) in [5, 5.41) is 10.4. The first kappa shape index (κ1) is 12.2. The van der Waals surface area contributed by atoms with Crippen LogP contribution >= 0.6 is 0 Å². The highest BCUT2D eigenvalue weighted by molar-refractivity contribution is 5.30. The average Bonchev–Trinajstić information content (AvgIpc) is 2.42. The second-order valence-corrected chi connectivity index (χ2v) is 4.93. The molecular formula is C15H19NO. The minimum absolute atomic E-state index is 0. The van der Waals surface area contributed by atoms with Crippen LogP contribution in [0.15, 0.2) is 30.3 Å². The van der Waals surface area contributed by atoms with Crippen molar-refractivity contribution in [3.8, 4) is 11.8 Å². The van der Waals surface area contributed by atoms with Gasteiger partial charge in [0.1, 0.15) is 5.60 Å². The molecule has 3 unspecified atom stereocenters. The average molecular weight is 229 g/mol. The van der Waals surface area contributed by atoms with E-state index >= 15 is 0 Å². The highest BCUT2D eigenvalue weighted by Crippen LogP contribution is 2.49. The summed E-state index contributed by atoms with van der Waals surface area (Å²) in [5.74, 6) is 7.01. The molecule has 0 saturated heterocycles. The van der Waals surface area contributed by atoms with Crippen LogP contribution in [0.5, 0.6) is 0 Å². The number of rotatable bonds is 1. The van der Waals surface area contributed by atoms with Crippen molar-refractivity contribution in [2.24, 2.45) is 5.92 Å². The molecule has 0 aliphatic heterocycles. The minimum Gasteiger partial charge on any atom is -0.377 e. The van der Waals surface area contributed by atoms with Crippen LogP contribution in [0.2, 0.25) is 0 Å². The van der Waals surface area contributed by atoms with Crippen molar-refractivity contribution in [3.63, 3.8) is 0 Å². The molecule has 4 N–H and O–H groups in total. The summed E-state index contributed by atoms with van der Waals surface area (Å²) >= 11 is 0. The van der Waals surface area contributed by atoms with Gasteiger partial charge in [0.05, 0.1) is 0 Å². The Kier molecular flexibility index (Phi) is 3.24. The summed E-state index contributed by atoms with van der Waals surface area (Å²) < 4.78 is 0. The van der Waals surface area contributed by atoms with Crippen molar-refractivity contribution in [1.82, 2.24) is 6.15 Å². The summed E-state index contributed by atoms with van der Waals surface area (Å²) in [6, 6.07) is 10.6. The number of aliphatic hydroxyl groups is 1. The lowest BCUT2D eigenvalue weighted by Crippen LogP contribution is -2.48. The van der Waals surface area contributed by atoms with Crippen molar-refractivity contribution in [3.05, 3.63) is 35.9 Å². The molecule has 2 heteroatoms. The van der Waals surface area contributed by atoms with Crippen molar-refractivity contribution >= 4 is 0 Å². The predicted octanol–water partition coefficient (Wildman–Crippen LogP) is 2.87. The van der Waals surface area contributed by atoms with Crippen LogP contribution in [0.4, 0.5) is 0 Å². The van der Waals surface area contributed by atoms with Gasteiger partial charge in [0.25, 0.3) is 0 Å². The van der Waals surface area contributed by atoms with Gasteiger partial charge in [-0.25, -0.2) is 0 Å². The zero-order valence-corrected chi connectivity index (χ0v) is 10.0. The number of benzene rings is 1. The maximum absolute atomic E-state index is 10.4. The molecule has 90 valence electrons. The topological polar surface area (TPSA) is 55.2 Å². The van der Waals surface area contributed by atoms with E-state index in [0.717, 1.165) is 25.7 Å². The van der Waals surface area contributed by atoms with E-state index in [2.05, 4.69) is 36.1 Å². The van der Waals surface area contributed by atoms with Gasteiger partial charge in [0.15, 0.2) is 0 Å². The molecule has 2 aliphatic rings. The Balaban J connectivity index is 0.00000108. The zero-order chi connectivity index (χ0) is 11.0. The van der Waals surface area contributed by atoms with Crippen LogP contribution in [0.3, 0.4) is 0 Å². The van der Waals surface area contributed by atoms with Crippen LogP contribution in [0, 0.1) is 17.8 Å². The molecule has 2 nitrogen and oxygen atoms in total. The number of hydrogen-bond acceptors (Lipinski definition) is 2. The second kappa shape index (κ2) is 4.52. The number of fused-ring (bicyclic) bond motifs is 1. The van der Waals surface area contributed by atoms with E-state index in [1.807, 2.05) is 6.07 Å². The van der Waals surface area contributed by atoms with Crippen LogP contribution in [0.25, 0.3) is 0 Å². The molecule has 0 radical (unpaired) electrons. The fraction of sp³-hybridized carbons (Fsp3) is 0.467. The Morgan fingerprint density at radius 1 is 1.18 bits per heavy atom. The van der Waals surface area contributed by atoms with Gasteiger partial charge >= 0.3 is 0 Å². The lowest BCUT2D eigenvalue weighted by Gasteiger charge is -2.45. The van der Waals surface area contributed by atoms with Crippen molar-refractivity contribution in [1.29, 1.82) is 0 Å². The van der Waals surface area contributed by atoms with E-state index in [4.69, 9.17) is 0 Å². The Morgan fingerprint density at radius 2 is 1.94 bits per heavy atom. The Bertz CT molecular complexity index is 445. The van der Waals surface area contributed by atoms with E-state index in [-0.39, 0.29) is 6.15 Å². The van der Waals surface area contributed by atoms with Gasteiger partial charge < -0.3 is 11.3 Å². The van der Waals surface area contributed by atoms with Crippen LogP contribution in [0.1, 0.15) is 37.2 Å². The Morgan fingerprint density at radius 3 is 2.59 bits per heavy atom. The molecule has 17 heavy (non-hydrogen) atoms. The highest BCUT2D eigenvalue weighted by Gasteiger charge is 2.48. The second-order valence-electron chi connectivity index (χ2n) is 4.93. The van der Waals surface area contributed by atoms with E-state index in [1.165, 1.54) is 5.56 Å². The van der Waals surface area contributed by atoms with E-state index in [1.54, 1.807) is 0 Å². The SMILES string of the molecule is N.OC12C#CCCC(c3ccccc3)C1CC2. The fourth-order valence-electron chi connectivity index (χ4n) is 3.02. The molecule has 1 aromatic carbocycles. The Labute approximate surface area is 103 Å². The fourth-order valence-corrected chi connectivity index (χ4v) is 3.02. The quantitative estimate of drug-likeness (QED) is 0.727. The standard InChI is InChI=1S/C15H16O.H3N/c16-15-10-5-4-8-13(14(15)9-11-15)12-6-2-1-3-7-12;/h1-3,6-7,13-14,16H,4,8-9,11H2;1H3. The summed E-state index contributed by atoms with van der Waals surface area (Å²) in [4.78, 5) is 0. The van der Waals surface area contributed by atoms with Gasteiger partial charge in [0.2, 0.25) is 0 Å². The van der Waals surface area contributed by atoms with Crippen LogP contribution in [-0.2, 0) is 0 Å². The van der Waals surface area contributed by atoms with Crippen LogP contribution in [-0.4, -0.2) is 10.7 Å². The third-order valence-electron chi connectivity index (χ3n) is 4.05. The van der Waals surface area contributed by atoms with Gasteiger partial charge in [0, 0.05) is 12.3 Å². The largest absolute Gasteiger partial charge is 0.377 e. The van der Waals surface area contributed by atoms with Gasteiger partial charge in [-0.1, -0.05) is 36.3 Å². The van der Waals surface area contributed by atoms with E-state index in [9.17, 15) is 5.11 Å². The maximum Gasteiger partial charge on any atom is 0.128 e. The lowest BCUT2D eigenvalue weighted by atomic mass is 9.62. The van der Waals surface area contributed by atoms with Gasteiger partial charge in [-0.05, 0) is 30.7 Å². The first-order valence-electron chi connectivity index (χ1n) is 6.07. The van der Waals surface area contributed by atoms with E-state index in [0.29, 0.717) is 11.8 Å². The number of hydrogen-bond donors (Lipinski definition) is 2. The van der Waals surface area contributed by atoms with Crippen molar-refractivity contribution < 1.29 is 5.11 Å². The van der Waals surface area contributed by atoms with Crippen molar-refractivity contribution in [2.75, 3.05) is 0 Å². The van der Waals surface area contributed by atoms with Crippen molar-refractivity contribution in [2.45, 2.75) is 37.2 Å². The van der Waals surface area contributed by atoms with Crippen LogP contribution < -0.4 is 6.15 Å². The van der Waals surface area contributed by atoms with Gasteiger partial charge in [-0.3, -0.25) is 0 Å². The predicted molar refractivity (Wildman–Crippen MR) is 68.9 cm³/mol. The zero-order valence-electron chi connectivity index (χ0n) is 10.0. The first-order valence-corrected chi connectivity index (χ1v) is 6.07. The molecule has 0 heterocycles. The molecule has 1 aromatic rings. The lowest BCUT2D eigenvalue weighted by molar-refractivity contribution is -0.0549. The van der Waals surface area contributed by atoms with Gasteiger partial charge in [-0.15, -0.1) is 5.92 Å². The first-order chi connectivity index (χ1) is 7.80. The smallest absolute Gasteiger partial charge is 0.128 e. The summed E-state index contributed by atoms with van der Waals surface area (Å²) in [6.07, 6.45) is 3.97. The molecule has 0 aromatic heterocycles. The monoisotopic (exact) mass is 229 g/mol. The molecule has 3 rings (SSSR count). The molecule has 2 aliphatic carbocycles. The van der Waals surface area contributed by atoms with Gasteiger partial charge in [-0.2, -0.15) is 0 Å². The molecule has 3 atom stereocenters. The molecule has 0 spiro atoms. The third-order valence-corrected chi connectivity index (χ3v) is 4.05. The molecule has 1 fully saturated rings. The summed E-state index contributed by atoms with van der Waals surface area (Å²) in [5.41, 5.74) is 0.674. The minimum atomic E-state index is -0.684. The highest BCUT2D eigenvalue weighted by atomic mass is 16.3. The molecule has 0 bridgehead atoms. The summed E-state index contributed by atoms with van der Waals surface area (Å²) in [6.45, 7) is 0.